The van der Waals surface area contributed by atoms with Gasteiger partial charge in [0.05, 0.1) is 12.2 Å². The lowest BCUT2D eigenvalue weighted by Gasteiger charge is -2.31. The highest BCUT2D eigenvalue weighted by molar-refractivity contribution is 7.89. The van der Waals surface area contributed by atoms with Gasteiger partial charge in [0.15, 0.2) is 0 Å². The summed E-state index contributed by atoms with van der Waals surface area (Å²) in [5, 5.41) is 0. The number of ether oxygens (including phenoxy) is 1. The van der Waals surface area contributed by atoms with Crippen molar-refractivity contribution >= 4 is 10.0 Å². The Hall–Kier alpha value is -1.42. The molecule has 1 aliphatic heterocycles. The lowest BCUT2D eigenvalue weighted by atomic mass is 10.1. The fourth-order valence-electron chi connectivity index (χ4n) is 2.12. The van der Waals surface area contributed by atoms with E-state index in [2.05, 4.69) is 9.97 Å². The average Bonchev–Trinajstić information content (AvgIpc) is 2.46. The Morgan fingerprint density at radius 1 is 1.32 bits per heavy atom. The summed E-state index contributed by atoms with van der Waals surface area (Å²) < 4.78 is 66.8. The molecule has 1 fully saturated rings. The standard InChI is InChI=1S/C12H16F3N3O3S/c13-12(14,15)4-8-22(19,20)18-6-2-10(3-7-18)21-11-1-5-16-9-17-11/h1,5,9-10H,2-4,6-8H2. The van der Waals surface area contributed by atoms with Crippen LogP contribution in [0.15, 0.2) is 18.6 Å². The molecule has 0 atom stereocenters. The number of hydrogen-bond donors (Lipinski definition) is 0. The first kappa shape index (κ1) is 16.9. The van der Waals surface area contributed by atoms with Gasteiger partial charge in [0, 0.05) is 25.4 Å². The monoisotopic (exact) mass is 339 g/mol. The van der Waals surface area contributed by atoms with Crippen LogP contribution in [0.3, 0.4) is 0 Å². The van der Waals surface area contributed by atoms with Gasteiger partial charge in [-0.15, -0.1) is 0 Å². The van der Waals surface area contributed by atoms with Crippen molar-refractivity contribution < 1.29 is 26.3 Å². The molecule has 0 amide bonds. The van der Waals surface area contributed by atoms with Crippen molar-refractivity contribution in [2.24, 2.45) is 0 Å². The van der Waals surface area contributed by atoms with E-state index in [0.29, 0.717) is 18.7 Å². The molecule has 0 saturated carbocycles. The molecular formula is C12H16F3N3O3S. The zero-order chi connectivity index (χ0) is 16.2. The van der Waals surface area contributed by atoms with E-state index >= 15 is 0 Å². The Bertz CT molecular complexity index is 572. The molecule has 10 heteroatoms. The van der Waals surface area contributed by atoms with E-state index in [1.165, 1.54) is 12.5 Å². The molecule has 1 aromatic heterocycles. The van der Waals surface area contributed by atoms with Crippen LogP contribution in [-0.2, 0) is 10.0 Å². The maximum absolute atomic E-state index is 12.1. The van der Waals surface area contributed by atoms with Crippen LogP contribution in [0.5, 0.6) is 5.88 Å². The van der Waals surface area contributed by atoms with Crippen LogP contribution in [0, 0.1) is 0 Å². The van der Waals surface area contributed by atoms with Gasteiger partial charge in [0.25, 0.3) is 0 Å². The Morgan fingerprint density at radius 3 is 2.55 bits per heavy atom. The van der Waals surface area contributed by atoms with Gasteiger partial charge in [-0.3, -0.25) is 0 Å². The van der Waals surface area contributed by atoms with E-state index in [1.54, 1.807) is 6.07 Å². The molecule has 1 aromatic rings. The summed E-state index contributed by atoms with van der Waals surface area (Å²) in [4.78, 5) is 7.66. The summed E-state index contributed by atoms with van der Waals surface area (Å²) >= 11 is 0. The first-order valence-corrected chi connectivity index (χ1v) is 8.34. The van der Waals surface area contributed by atoms with Crippen LogP contribution in [0.4, 0.5) is 13.2 Å². The van der Waals surface area contributed by atoms with E-state index in [0.717, 1.165) is 4.31 Å². The molecule has 0 N–H and O–H groups in total. The highest BCUT2D eigenvalue weighted by Gasteiger charge is 2.34. The molecule has 2 heterocycles. The normalized spacial score (nSPS) is 18.3. The predicted molar refractivity (Wildman–Crippen MR) is 71.7 cm³/mol. The van der Waals surface area contributed by atoms with Crippen molar-refractivity contribution in [1.82, 2.24) is 14.3 Å². The molecule has 1 saturated heterocycles. The molecule has 2 rings (SSSR count). The molecule has 124 valence electrons. The maximum Gasteiger partial charge on any atom is 0.390 e. The van der Waals surface area contributed by atoms with Gasteiger partial charge in [-0.2, -0.15) is 13.2 Å². The molecule has 0 aliphatic carbocycles. The largest absolute Gasteiger partial charge is 0.474 e. The summed E-state index contributed by atoms with van der Waals surface area (Å²) in [6, 6.07) is 1.59. The fourth-order valence-corrected chi connectivity index (χ4v) is 3.64. The highest BCUT2D eigenvalue weighted by Crippen LogP contribution is 2.23. The number of halogens is 3. The average molecular weight is 339 g/mol. The lowest BCUT2D eigenvalue weighted by molar-refractivity contribution is -0.130. The third kappa shape index (κ3) is 5.09. The molecular weight excluding hydrogens is 323 g/mol. The van der Waals surface area contributed by atoms with Crippen LogP contribution in [-0.4, -0.2) is 53.8 Å². The number of piperidine rings is 1. The Labute approximate surface area is 126 Å². The van der Waals surface area contributed by atoms with E-state index in [-0.39, 0.29) is 19.2 Å². The van der Waals surface area contributed by atoms with Crippen molar-refractivity contribution in [2.45, 2.75) is 31.5 Å². The van der Waals surface area contributed by atoms with E-state index in [9.17, 15) is 21.6 Å². The SMILES string of the molecule is O=S(=O)(CCC(F)(F)F)N1CCC(Oc2ccncn2)CC1. The zero-order valence-electron chi connectivity index (χ0n) is 11.7. The minimum atomic E-state index is -4.47. The number of rotatable bonds is 5. The van der Waals surface area contributed by atoms with E-state index in [4.69, 9.17) is 4.74 Å². The molecule has 0 unspecified atom stereocenters. The summed E-state index contributed by atoms with van der Waals surface area (Å²) in [5.41, 5.74) is 0. The highest BCUT2D eigenvalue weighted by atomic mass is 32.2. The molecule has 0 spiro atoms. The van der Waals surface area contributed by atoms with Gasteiger partial charge in [0.1, 0.15) is 12.4 Å². The quantitative estimate of drug-likeness (QED) is 0.815. The topological polar surface area (TPSA) is 72.4 Å². The molecule has 1 aliphatic rings. The third-order valence-electron chi connectivity index (χ3n) is 3.28. The van der Waals surface area contributed by atoms with E-state index < -0.39 is 28.4 Å². The smallest absolute Gasteiger partial charge is 0.390 e. The van der Waals surface area contributed by atoms with Gasteiger partial charge < -0.3 is 4.74 Å². The van der Waals surface area contributed by atoms with Gasteiger partial charge >= 0.3 is 6.18 Å². The molecule has 22 heavy (non-hydrogen) atoms. The van der Waals surface area contributed by atoms with E-state index in [1.807, 2.05) is 0 Å². The number of alkyl halides is 3. The van der Waals surface area contributed by atoms with Gasteiger partial charge in [0.2, 0.25) is 15.9 Å². The second-order valence-electron chi connectivity index (χ2n) is 4.95. The lowest BCUT2D eigenvalue weighted by Crippen LogP contribution is -2.43. The second-order valence-corrected chi connectivity index (χ2v) is 7.03. The summed E-state index contributed by atoms with van der Waals surface area (Å²) in [5.74, 6) is -0.512. The van der Waals surface area contributed by atoms with Crippen molar-refractivity contribution in [2.75, 3.05) is 18.8 Å². The Balaban J connectivity index is 1.83. The second kappa shape index (κ2) is 6.78. The fraction of sp³-hybridized carbons (Fsp3) is 0.667. The number of sulfonamides is 1. The Morgan fingerprint density at radius 2 is 2.00 bits per heavy atom. The summed E-state index contributed by atoms with van der Waals surface area (Å²) in [7, 11) is -3.88. The Kier molecular flexibility index (Phi) is 5.22. The number of hydrogen-bond acceptors (Lipinski definition) is 5. The van der Waals surface area contributed by atoms with Gasteiger partial charge in [-0.05, 0) is 12.8 Å². The molecule has 0 radical (unpaired) electrons. The molecule has 6 nitrogen and oxygen atoms in total. The predicted octanol–water partition coefficient (Wildman–Crippen LogP) is 1.60. The van der Waals surface area contributed by atoms with Crippen LogP contribution in [0.25, 0.3) is 0 Å². The van der Waals surface area contributed by atoms with Gasteiger partial charge in [-0.1, -0.05) is 0 Å². The minimum absolute atomic E-state index is 0.149. The van der Waals surface area contributed by atoms with Crippen LogP contribution < -0.4 is 4.74 Å². The third-order valence-corrected chi connectivity index (χ3v) is 5.15. The number of nitrogens with zero attached hydrogens (tertiary/aromatic N) is 3. The molecule has 0 aromatic carbocycles. The summed E-state index contributed by atoms with van der Waals surface area (Å²) in [6.45, 7) is 0.298. The molecule has 0 bridgehead atoms. The van der Waals surface area contributed by atoms with Gasteiger partial charge in [-0.25, -0.2) is 22.7 Å². The maximum atomic E-state index is 12.1. The van der Waals surface area contributed by atoms with Crippen LogP contribution >= 0.6 is 0 Å². The number of aromatic nitrogens is 2. The van der Waals surface area contributed by atoms with Crippen molar-refractivity contribution in [1.29, 1.82) is 0 Å². The first-order valence-electron chi connectivity index (χ1n) is 6.73. The summed E-state index contributed by atoms with van der Waals surface area (Å²) in [6.07, 6.45) is -2.31. The zero-order valence-corrected chi connectivity index (χ0v) is 12.5. The first-order chi connectivity index (χ1) is 10.3. The van der Waals surface area contributed by atoms with Crippen molar-refractivity contribution in [3.63, 3.8) is 0 Å². The minimum Gasteiger partial charge on any atom is -0.474 e. The van der Waals surface area contributed by atoms with Crippen molar-refractivity contribution in [3.05, 3.63) is 18.6 Å². The van der Waals surface area contributed by atoms with Crippen LogP contribution in [0.1, 0.15) is 19.3 Å². The van der Waals surface area contributed by atoms with Crippen LogP contribution in [0.2, 0.25) is 0 Å². The van der Waals surface area contributed by atoms with Crippen molar-refractivity contribution in [3.8, 4) is 5.88 Å².